The second-order valence-corrected chi connectivity index (χ2v) is 4.11. The Labute approximate surface area is 102 Å². The number of alkyl halides is 5. The van der Waals surface area contributed by atoms with Crippen molar-refractivity contribution in [1.82, 2.24) is 0 Å². The number of rotatable bonds is 5. The van der Waals surface area contributed by atoms with Gasteiger partial charge >= 0.3 is 12.1 Å². The minimum absolute atomic E-state index is 0.0929. The second-order valence-electron chi connectivity index (χ2n) is 4.11. The molecule has 0 bridgehead atoms. The van der Waals surface area contributed by atoms with Gasteiger partial charge in [-0.15, -0.1) is 0 Å². The molecular formula is C12H14F5N. The van der Waals surface area contributed by atoms with Gasteiger partial charge in [0.25, 0.3) is 0 Å². The van der Waals surface area contributed by atoms with Gasteiger partial charge in [0, 0.05) is 12.5 Å². The van der Waals surface area contributed by atoms with Crippen molar-refractivity contribution in [3.63, 3.8) is 0 Å². The summed E-state index contributed by atoms with van der Waals surface area (Å²) in [7, 11) is 0. The van der Waals surface area contributed by atoms with E-state index in [9.17, 15) is 22.0 Å². The fraction of sp³-hybridized carbons (Fsp3) is 0.500. The van der Waals surface area contributed by atoms with Crippen LogP contribution in [-0.4, -0.2) is 12.1 Å². The smallest absolute Gasteiger partial charge is 0.324 e. The third-order valence-electron chi connectivity index (χ3n) is 2.65. The molecule has 0 amide bonds. The van der Waals surface area contributed by atoms with Gasteiger partial charge in [-0.25, -0.2) is 0 Å². The molecule has 0 heterocycles. The molecule has 2 N–H and O–H groups in total. The molecule has 0 radical (unpaired) electrons. The molecule has 0 saturated carbocycles. The minimum Gasteiger partial charge on any atom is -0.324 e. The molecule has 1 aromatic carbocycles. The van der Waals surface area contributed by atoms with Gasteiger partial charge in [0.1, 0.15) is 0 Å². The van der Waals surface area contributed by atoms with Crippen LogP contribution in [0.3, 0.4) is 0 Å². The maximum absolute atomic E-state index is 12.6. The van der Waals surface area contributed by atoms with E-state index in [2.05, 4.69) is 0 Å². The lowest BCUT2D eigenvalue weighted by molar-refractivity contribution is -0.284. The maximum Gasteiger partial charge on any atom is 0.453 e. The van der Waals surface area contributed by atoms with E-state index in [0.717, 1.165) is 5.56 Å². The van der Waals surface area contributed by atoms with E-state index < -0.39 is 24.6 Å². The summed E-state index contributed by atoms with van der Waals surface area (Å²) in [6, 6.07) is 8.15. The Morgan fingerprint density at radius 2 is 1.56 bits per heavy atom. The Kier molecular flexibility index (Phi) is 4.67. The zero-order valence-corrected chi connectivity index (χ0v) is 9.55. The number of halogens is 5. The molecule has 0 aliphatic heterocycles. The van der Waals surface area contributed by atoms with Crippen LogP contribution in [0.4, 0.5) is 22.0 Å². The first-order valence-electron chi connectivity index (χ1n) is 5.49. The first-order valence-corrected chi connectivity index (χ1v) is 5.49. The second kappa shape index (κ2) is 5.65. The molecule has 18 heavy (non-hydrogen) atoms. The summed E-state index contributed by atoms with van der Waals surface area (Å²) in [4.78, 5) is 0. The van der Waals surface area contributed by atoms with Crippen LogP contribution >= 0.6 is 0 Å². The lowest BCUT2D eigenvalue weighted by Crippen LogP contribution is -2.36. The van der Waals surface area contributed by atoms with Crippen LogP contribution in [0.25, 0.3) is 0 Å². The molecule has 1 atom stereocenters. The van der Waals surface area contributed by atoms with Crippen LogP contribution < -0.4 is 5.73 Å². The molecule has 1 unspecified atom stereocenters. The zero-order chi connectivity index (χ0) is 13.8. The van der Waals surface area contributed by atoms with Gasteiger partial charge in [-0.1, -0.05) is 30.3 Å². The number of hydrogen-bond acceptors (Lipinski definition) is 1. The highest BCUT2D eigenvalue weighted by Crippen LogP contribution is 2.39. The highest BCUT2D eigenvalue weighted by molar-refractivity contribution is 5.18. The molecule has 0 aliphatic carbocycles. The van der Waals surface area contributed by atoms with Crippen LogP contribution in [0.5, 0.6) is 0 Å². The highest BCUT2D eigenvalue weighted by atomic mass is 19.4. The molecule has 0 aromatic heterocycles. The Morgan fingerprint density at radius 3 is 2.06 bits per heavy atom. The molecule has 102 valence electrons. The van der Waals surface area contributed by atoms with Gasteiger partial charge in [-0.2, -0.15) is 22.0 Å². The van der Waals surface area contributed by atoms with Crippen molar-refractivity contribution in [2.45, 2.75) is 37.4 Å². The van der Waals surface area contributed by atoms with Crippen molar-refractivity contribution in [2.24, 2.45) is 5.73 Å². The zero-order valence-electron chi connectivity index (χ0n) is 9.55. The van der Waals surface area contributed by atoms with E-state index in [4.69, 9.17) is 5.73 Å². The molecule has 0 spiro atoms. The number of benzene rings is 1. The fourth-order valence-electron chi connectivity index (χ4n) is 1.55. The highest BCUT2D eigenvalue weighted by Gasteiger charge is 2.56. The third-order valence-corrected chi connectivity index (χ3v) is 2.65. The first-order chi connectivity index (χ1) is 8.24. The van der Waals surface area contributed by atoms with E-state index in [0.29, 0.717) is 0 Å². The van der Waals surface area contributed by atoms with Crippen molar-refractivity contribution >= 4 is 0 Å². The van der Waals surface area contributed by atoms with E-state index >= 15 is 0 Å². The Bertz CT molecular complexity index is 360. The topological polar surface area (TPSA) is 26.0 Å². The third kappa shape index (κ3) is 3.94. The van der Waals surface area contributed by atoms with Gasteiger partial charge in [0.2, 0.25) is 0 Å². The summed E-state index contributed by atoms with van der Waals surface area (Å²) in [6.45, 7) is 0. The summed E-state index contributed by atoms with van der Waals surface area (Å²) in [5.74, 6) is -4.64. The minimum atomic E-state index is -5.48. The summed E-state index contributed by atoms with van der Waals surface area (Å²) >= 11 is 0. The van der Waals surface area contributed by atoms with Crippen LogP contribution in [-0.2, 0) is 0 Å². The van der Waals surface area contributed by atoms with Crippen LogP contribution in [0.15, 0.2) is 30.3 Å². The lowest BCUT2D eigenvalue weighted by Gasteiger charge is -2.20. The van der Waals surface area contributed by atoms with E-state index in [1.807, 2.05) is 0 Å². The molecule has 1 aromatic rings. The van der Waals surface area contributed by atoms with Gasteiger partial charge in [0.05, 0.1) is 0 Å². The van der Waals surface area contributed by atoms with Crippen molar-refractivity contribution < 1.29 is 22.0 Å². The van der Waals surface area contributed by atoms with Gasteiger partial charge in [-0.3, -0.25) is 0 Å². The molecule has 1 rings (SSSR count). The molecule has 0 saturated heterocycles. The van der Waals surface area contributed by atoms with Crippen LogP contribution in [0.1, 0.15) is 30.9 Å². The number of nitrogens with two attached hydrogens (primary N) is 1. The molecule has 1 nitrogen and oxygen atoms in total. The molecule has 0 aliphatic rings. The monoisotopic (exact) mass is 267 g/mol. The summed E-state index contributed by atoms with van der Waals surface area (Å²) < 4.78 is 60.9. The Hall–Kier alpha value is -1.17. The van der Waals surface area contributed by atoms with Gasteiger partial charge < -0.3 is 5.73 Å². The van der Waals surface area contributed by atoms with Gasteiger partial charge in [-0.05, 0) is 18.4 Å². The van der Waals surface area contributed by atoms with Crippen molar-refractivity contribution in [3.05, 3.63) is 35.9 Å². The average molecular weight is 267 g/mol. The van der Waals surface area contributed by atoms with Crippen molar-refractivity contribution in [1.29, 1.82) is 0 Å². The summed E-state index contributed by atoms with van der Waals surface area (Å²) in [5.41, 5.74) is 6.44. The quantitative estimate of drug-likeness (QED) is 0.800. The number of hydrogen-bond donors (Lipinski definition) is 1. The van der Waals surface area contributed by atoms with Crippen molar-refractivity contribution in [3.8, 4) is 0 Å². The Balaban J connectivity index is 2.43. The Morgan fingerprint density at radius 1 is 1.00 bits per heavy atom. The van der Waals surface area contributed by atoms with Gasteiger partial charge in [0.15, 0.2) is 0 Å². The average Bonchev–Trinajstić information content (AvgIpc) is 2.28. The maximum atomic E-state index is 12.6. The van der Waals surface area contributed by atoms with Crippen LogP contribution in [0.2, 0.25) is 0 Å². The fourth-order valence-corrected chi connectivity index (χ4v) is 1.55. The van der Waals surface area contributed by atoms with E-state index in [-0.39, 0.29) is 12.8 Å². The standard InChI is InChI=1S/C12H14F5N/c13-11(14,12(15,16)17)8-4-7-10(18)9-5-2-1-3-6-9/h1-3,5-6,10H,4,7-8,18H2. The summed E-state index contributed by atoms with van der Waals surface area (Å²) in [6.07, 6.45) is -6.89. The van der Waals surface area contributed by atoms with E-state index in [1.165, 1.54) is 0 Å². The predicted octanol–water partition coefficient (Wildman–Crippen LogP) is 4.05. The molecule has 0 fully saturated rings. The van der Waals surface area contributed by atoms with E-state index in [1.54, 1.807) is 30.3 Å². The molecular weight excluding hydrogens is 253 g/mol. The van der Waals surface area contributed by atoms with Crippen molar-refractivity contribution in [2.75, 3.05) is 0 Å². The largest absolute Gasteiger partial charge is 0.453 e. The predicted molar refractivity (Wildman–Crippen MR) is 58.2 cm³/mol. The van der Waals surface area contributed by atoms with Crippen LogP contribution in [0, 0.1) is 0 Å². The summed E-state index contributed by atoms with van der Waals surface area (Å²) in [5, 5.41) is 0. The normalized spacial score (nSPS) is 14.6. The first kappa shape index (κ1) is 14.9. The lowest BCUT2D eigenvalue weighted by atomic mass is 10.0. The molecule has 6 heteroatoms. The SMILES string of the molecule is NC(CCCC(F)(F)C(F)(F)F)c1ccccc1.